The normalized spacial score (nSPS) is 8.20. The molecule has 5 heavy (non-hydrogen) atoms. The summed E-state index contributed by atoms with van der Waals surface area (Å²) in [4.78, 5) is 0. The second kappa shape index (κ2) is 2.50. The largest absolute Gasteiger partial charge is 0.279 e. The minimum atomic E-state index is 0.515. The molecule has 1 nitrogen and oxygen atoms in total. The molecule has 0 aromatic heterocycles. The molecule has 0 aliphatic carbocycles. The van der Waals surface area contributed by atoms with Crippen LogP contribution in [0.5, 0.6) is 0 Å². The van der Waals surface area contributed by atoms with Gasteiger partial charge in [-0.05, 0) is 0 Å². The van der Waals surface area contributed by atoms with Gasteiger partial charge < -0.3 is 0 Å². The second-order valence-electron chi connectivity index (χ2n) is 0.603. The summed E-state index contributed by atoms with van der Waals surface area (Å²) in [5.41, 5.74) is 0. The molecule has 0 fully saturated rings. The molecule has 0 aromatic rings. The van der Waals surface area contributed by atoms with Crippen LogP contribution in [0.1, 0.15) is 0 Å². The highest BCUT2D eigenvalue weighted by Crippen LogP contribution is 2.15. The van der Waals surface area contributed by atoms with Gasteiger partial charge in [0.15, 0.2) is 0 Å². The van der Waals surface area contributed by atoms with Crippen LogP contribution in [0.2, 0.25) is 0 Å². The highest BCUT2D eigenvalue weighted by molar-refractivity contribution is 7.49. The summed E-state index contributed by atoms with van der Waals surface area (Å²) < 4.78 is 0. The van der Waals surface area contributed by atoms with Gasteiger partial charge in [0.25, 0.3) is 0 Å². The van der Waals surface area contributed by atoms with Crippen molar-refractivity contribution in [1.29, 1.82) is 5.16 Å². The molecule has 0 aromatic carbocycles. The second-order valence-corrected chi connectivity index (χ2v) is 2.58. The quantitative estimate of drug-likeness (QED) is 0.493. The van der Waals surface area contributed by atoms with E-state index in [9.17, 15) is 0 Å². The van der Waals surface area contributed by atoms with Crippen LogP contribution in [0.25, 0.3) is 0 Å². The molecule has 3 heteroatoms. The Kier molecular flexibility index (Phi) is 2.64. The Balaban J connectivity index is 3.20. The molecule has 0 bridgehead atoms. The van der Waals surface area contributed by atoms with Crippen LogP contribution in [-0.4, -0.2) is 0 Å². The van der Waals surface area contributed by atoms with Crippen LogP contribution in [0.3, 0.4) is 0 Å². The lowest BCUT2D eigenvalue weighted by atomic mass is 11.3. The van der Waals surface area contributed by atoms with Gasteiger partial charge in [-0.15, -0.1) is 0 Å². The van der Waals surface area contributed by atoms with Crippen LogP contribution in [-0.2, 0) is 0 Å². The van der Waals surface area contributed by atoms with Gasteiger partial charge in [0.05, 0.1) is 0 Å². The van der Waals surface area contributed by atoms with Crippen molar-refractivity contribution in [2.45, 2.75) is 0 Å². The molecule has 0 saturated carbocycles. The van der Waals surface area contributed by atoms with Gasteiger partial charge in [-0.25, -0.2) is 0 Å². The van der Waals surface area contributed by atoms with E-state index in [0.29, 0.717) is 8.37 Å². The lowest BCUT2D eigenvalue weighted by Gasteiger charge is -1.68. The summed E-state index contributed by atoms with van der Waals surface area (Å²) in [5, 5.41) is 7.32. The fourth-order valence-electron chi connectivity index (χ4n) is 0. The Hall–Kier alpha value is 0.270. The maximum absolute atomic E-state index is 6.51. The highest BCUT2D eigenvalue weighted by atomic mass is 31.1. The zero-order valence-corrected chi connectivity index (χ0v) is 4.78. The monoisotopic (exact) mass is 105 g/mol. The molecule has 0 rings (SSSR count). The number of hydrogen-bond donors (Lipinski definition) is 1. The molecular weight excluding hydrogens is 100.0 g/mol. The van der Waals surface area contributed by atoms with Crippen LogP contribution in [0.15, 0.2) is 11.6 Å². The van der Waals surface area contributed by atoms with E-state index in [0.717, 1.165) is 5.06 Å². The van der Waals surface area contributed by atoms with E-state index in [1.807, 2.05) is 0 Å². The number of hydrogen-bond acceptors (Lipinski definition) is 1. The fraction of sp³-hybridized carbons (Fsp3) is 0. The molecule has 1 N–H and O–H groups in total. The predicted molar refractivity (Wildman–Crippen MR) is 28.5 cm³/mol. The van der Waals surface area contributed by atoms with Gasteiger partial charge in [0.2, 0.25) is 0 Å². The molecule has 0 saturated heterocycles. The predicted octanol–water partition coefficient (Wildman–Crippen LogP) is 2.04. The Labute approximate surface area is 35.4 Å². The third-order valence-electron chi connectivity index (χ3n) is 0.144. The highest BCUT2D eigenvalue weighted by Gasteiger charge is 1.63. The van der Waals surface area contributed by atoms with Gasteiger partial charge in [-0.2, -0.15) is 0 Å². The van der Waals surface area contributed by atoms with Gasteiger partial charge in [-0.3, -0.25) is 5.16 Å². The zero-order valence-electron chi connectivity index (χ0n) is 2.73. The van der Waals surface area contributed by atoms with Gasteiger partial charge in [0, 0.05) is 13.4 Å². The SMILES string of the molecule is C=C(P)P=N. The molecule has 0 aliphatic rings. The average molecular weight is 105 g/mol. The lowest BCUT2D eigenvalue weighted by molar-refractivity contribution is 1.65. The third-order valence-corrected chi connectivity index (χ3v) is 0.818. The summed E-state index contributed by atoms with van der Waals surface area (Å²) in [6, 6.07) is 0. The molecule has 0 spiro atoms. The maximum Gasteiger partial charge on any atom is 0.0345 e. The fourth-order valence-corrected chi connectivity index (χ4v) is 0. The van der Waals surface area contributed by atoms with Crippen molar-refractivity contribution in [2.24, 2.45) is 0 Å². The standard InChI is InChI=1S/C2H5NP2/c1-2(4)5-3/h3H,1,4H2. The smallest absolute Gasteiger partial charge is 0.0345 e. The van der Waals surface area contributed by atoms with E-state index >= 15 is 0 Å². The molecular formula is C2H5NP2. The first-order valence-corrected chi connectivity index (χ1v) is 2.56. The van der Waals surface area contributed by atoms with Crippen LogP contribution in [0.4, 0.5) is 0 Å². The van der Waals surface area contributed by atoms with Gasteiger partial charge in [-0.1, -0.05) is 15.8 Å². The van der Waals surface area contributed by atoms with Crippen molar-refractivity contribution < 1.29 is 0 Å². The molecule has 0 aliphatic heterocycles. The van der Waals surface area contributed by atoms with E-state index in [2.05, 4.69) is 15.8 Å². The summed E-state index contributed by atoms with van der Waals surface area (Å²) in [6.45, 7) is 3.44. The van der Waals surface area contributed by atoms with Crippen molar-refractivity contribution in [1.82, 2.24) is 0 Å². The van der Waals surface area contributed by atoms with E-state index in [-0.39, 0.29) is 0 Å². The summed E-state index contributed by atoms with van der Waals surface area (Å²) in [5.74, 6) is 0. The molecule has 0 amide bonds. The minimum Gasteiger partial charge on any atom is -0.279 e. The van der Waals surface area contributed by atoms with Crippen molar-refractivity contribution in [3.63, 3.8) is 0 Å². The number of rotatable bonds is 1. The van der Waals surface area contributed by atoms with E-state index in [4.69, 9.17) is 5.16 Å². The first-order chi connectivity index (χ1) is 2.27. The summed E-state index contributed by atoms with van der Waals surface area (Å²) >= 11 is 0. The Bertz CT molecular complexity index is 58.7. The summed E-state index contributed by atoms with van der Waals surface area (Å²) in [6.07, 6.45) is 0. The van der Waals surface area contributed by atoms with Crippen molar-refractivity contribution in [3.8, 4) is 0 Å². The first kappa shape index (κ1) is 5.27. The first-order valence-electron chi connectivity index (χ1n) is 1.09. The van der Waals surface area contributed by atoms with Crippen LogP contribution < -0.4 is 0 Å². The average Bonchev–Trinajstić information content (AvgIpc) is 1.38. The van der Waals surface area contributed by atoms with E-state index < -0.39 is 0 Å². The van der Waals surface area contributed by atoms with E-state index in [1.54, 1.807) is 0 Å². The third kappa shape index (κ3) is 4.27. The van der Waals surface area contributed by atoms with Crippen molar-refractivity contribution >= 4 is 17.6 Å². The molecule has 28 valence electrons. The van der Waals surface area contributed by atoms with Gasteiger partial charge in [0.1, 0.15) is 0 Å². The lowest BCUT2D eigenvalue weighted by Crippen LogP contribution is -1.25. The van der Waals surface area contributed by atoms with Crippen LogP contribution >= 0.6 is 17.6 Å². The Morgan fingerprint density at radius 2 is 2.20 bits per heavy atom. The molecule has 1 atom stereocenters. The van der Waals surface area contributed by atoms with Crippen LogP contribution in [0, 0.1) is 5.16 Å². The van der Waals surface area contributed by atoms with Crippen molar-refractivity contribution in [3.05, 3.63) is 11.6 Å². The minimum absolute atomic E-state index is 0.515. The Morgan fingerprint density at radius 3 is 2.20 bits per heavy atom. The number of nitrogens with one attached hydrogen (secondary N) is 1. The Morgan fingerprint density at radius 1 is 2.00 bits per heavy atom. The topological polar surface area (TPSA) is 23.9 Å². The molecule has 0 heterocycles. The maximum atomic E-state index is 6.51. The van der Waals surface area contributed by atoms with Crippen molar-refractivity contribution in [2.75, 3.05) is 0 Å². The van der Waals surface area contributed by atoms with E-state index in [1.165, 1.54) is 0 Å². The van der Waals surface area contributed by atoms with Gasteiger partial charge >= 0.3 is 0 Å². The molecule has 1 unspecified atom stereocenters. The summed E-state index contributed by atoms with van der Waals surface area (Å²) in [7, 11) is 2.85. The molecule has 0 radical (unpaired) electrons. The zero-order chi connectivity index (χ0) is 4.28.